The molecule has 0 spiro atoms. The zero-order chi connectivity index (χ0) is 37.5. The van der Waals surface area contributed by atoms with Gasteiger partial charge in [0.05, 0.1) is 34.4 Å². The van der Waals surface area contributed by atoms with Gasteiger partial charge in [-0.05, 0) is 41.3 Å². The number of rotatable bonds is 13. The highest BCUT2D eigenvalue weighted by molar-refractivity contribution is 7.61. The first-order chi connectivity index (χ1) is 25.0. The van der Waals surface area contributed by atoms with Crippen molar-refractivity contribution in [3.8, 4) is 46.3 Å². The molecule has 1 N–H and O–H groups in total. The number of amides is 1. The number of hydrogen-bond donors (Lipinski definition) is 1. The van der Waals surface area contributed by atoms with E-state index in [4.69, 9.17) is 23.7 Å². The summed E-state index contributed by atoms with van der Waals surface area (Å²) in [5, 5.41) is 2.80. The van der Waals surface area contributed by atoms with Gasteiger partial charge in [0.2, 0.25) is 23.3 Å². The summed E-state index contributed by atoms with van der Waals surface area (Å²) in [7, 11) is 1.61. The Balaban J connectivity index is 0.000000521. The zero-order valence-electron chi connectivity index (χ0n) is 29.7. The number of para-hydroxylation sites is 2. The summed E-state index contributed by atoms with van der Waals surface area (Å²) in [5.41, 5.74) is 2.44. The van der Waals surface area contributed by atoms with Crippen molar-refractivity contribution in [3.63, 3.8) is 0 Å². The number of benzene rings is 3. The number of carbonyl (C=O) groups excluding carboxylic acids is 1. The van der Waals surface area contributed by atoms with Crippen molar-refractivity contribution in [2.75, 3.05) is 27.9 Å². The Labute approximate surface area is 303 Å². The van der Waals surface area contributed by atoms with E-state index in [1.165, 1.54) is 32.2 Å². The molecule has 1 amide bonds. The maximum Gasteiger partial charge on any atom is 0.318 e. The molecule has 0 radical (unpaired) electrons. The standard InChI is InChI=1S/C27H26N6O8S.C10H14/c1-37-18-10-9-17(21(15-18)39-3)16-30-22(34)11-14-40-27-23(41-20-8-5-4-7-19(20)38-2)24(33-42(35)36)31-26(32-27)25-28-12-6-13-29-25;1-10(2,3)9-7-5-4-6-8-9/h4-10,12-13,15H,11,14,16H2,1-3H3,(H,30,34);4-8H,1-3H3. The molecule has 0 unspecified atom stereocenters. The molecule has 15 heteroatoms. The minimum atomic E-state index is -2.91. The van der Waals surface area contributed by atoms with Crippen LogP contribution in [-0.4, -0.2) is 62.2 Å². The Bertz CT molecular complexity index is 2070. The third kappa shape index (κ3) is 11.2. The minimum Gasteiger partial charge on any atom is -0.497 e. The van der Waals surface area contributed by atoms with Gasteiger partial charge in [0.1, 0.15) is 11.5 Å². The molecule has 52 heavy (non-hydrogen) atoms. The Kier molecular flexibility index (Phi) is 14.0. The molecule has 0 aliphatic rings. The van der Waals surface area contributed by atoms with Gasteiger partial charge in [0.25, 0.3) is 5.88 Å². The maximum atomic E-state index is 12.6. The monoisotopic (exact) mass is 728 g/mol. The number of aromatic nitrogens is 4. The van der Waals surface area contributed by atoms with Gasteiger partial charge in [-0.15, -0.1) is 4.36 Å². The lowest BCUT2D eigenvalue weighted by Crippen LogP contribution is -2.24. The molecule has 0 saturated carbocycles. The molecule has 272 valence electrons. The van der Waals surface area contributed by atoms with Crippen molar-refractivity contribution < 1.29 is 36.9 Å². The first-order valence-corrected chi connectivity index (χ1v) is 17.0. The van der Waals surface area contributed by atoms with Gasteiger partial charge in [-0.25, -0.2) is 15.0 Å². The molecule has 2 aromatic heterocycles. The van der Waals surface area contributed by atoms with E-state index in [0.29, 0.717) is 22.7 Å². The lowest BCUT2D eigenvalue weighted by molar-refractivity contribution is -0.121. The second kappa shape index (κ2) is 18.8. The molecule has 0 aliphatic carbocycles. The number of hydrogen-bond acceptors (Lipinski definition) is 13. The summed E-state index contributed by atoms with van der Waals surface area (Å²) in [4.78, 5) is 29.4. The average molecular weight is 729 g/mol. The van der Waals surface area contributed by atoms with E-state index in [1.54, 1.807) is 55.6 Å². The fourth-order valence-corrected chi connectivity index (χ4v) is 4.79. The van der Waals surface area contributed by atoms with Crippen LogP contribution in [0.3, 0.4) is 0 Å². The molecule has 0 saturated heterocycles. The fourth-order valence-electron chi connectivity index (χ4n) is 4.52. The Hall–Kier alpha value is -6.09. The highest BCUT2D eigenvalue weighted by Gasteiger charge is 2.22. The van der Waals surface area contributed by atoms with E-state index in [0.717, 1.165) is 5.56 Å². The molecule has 0 bridgehead atoms. The molecule has 0 atom stereocenters. The quantitative estimate of drug-likeness (QED) is 0.139. The van der Waals surface area contributed by atoms with Gasteiger partial charge >= 0.3 is 10.5 Å². The van der Waals surface area contributed by atoms with Crippen LogP contribution in [0, 0.1) is 0 Å². The topological polar surface area (TPSA) is 173 Å². The third-order valence-corrected chi connectivity index (χ3v) is 7.52. The van der Waals surface area contributed by atoms with Crippen LogP contribution in [0.5, 0.6) is 34.6 Å². The lowest BCUT2D eigenvalue weighted by Gasteiger charge is -2.18. The summed E-state index contributed by atoms with van der Waals surface area (Å²) < 4.78 is 54.4. The van der Waals surface area contributed by atoms with E-state index >= 15 is 0 Å². The smallest absolute Gasteiger partial charge is 0.318 e. The van der Waals surface area contributed by atoms with Crippen molar-refractivity contribution in [3.05, 3.63) is 102 Å². The second-order valence-electron chi connectivity index (χ2n) is 11.8. The van der Waals surface area contributed by atoms with Gasteiger partial charge in [-0.3, -0.25) is 4.79 Å². The predicted molar refractivity (Wildman–Crippen MR) is 194 cm³/mol. The Morgan fingerprint density at radius 1 is 0.788 bits per heavy atom. The minimum absolute atomic E-state index is 0.0711. The lowest BCUT2D eigenvalue weighted by atomic mass is 9.87. The van der Waals surface area contributed by atoms with E-state index in [-0.39, 0.29) is 60.3 Å². The van der Waals surface area contributed by atoms with Crippen LogP contribution in [0.2, 0.25) is 0 Å². The molecule has 0 aliphatic heterocycles. The van der Waals surface area contributed by atoms with Gasteiger partial charge in [-0.2, -0.15) is 13.4 Å². The van der Waals surface area contributed by atoms with Crippen LogP contribution in [-0.2, 0) is 27.3 Å². The summed E-state index contributed by atoms with van der Waals surface area (Å²) >= 11 is 0. The Morgan fingerprint density at radius 2 is 1.46 bits per heavy atom. The average Bonchev–Trinajstić information content (AvgIpc) is 3.15. The number of nitrogens with one attached hydrogen (secondary N) is 1. The van der Waals surface area contributed by atoms with Crippen molar-refractivity contribution in [1.82, 2.24) is 25.3 Å². The summed E-state index contributed by atoms with van der Waals surface area (Å²) in [6.07, 6.45) is 2.86. The third-order valence-electron chi connectivity index (χ3n) is 7.20. The van der Waals surface area contributed by atoms with Crippen LogP contribution in [0.4, 0.5) is 5.82 Å². The fraction of sp³-hybridized carbons (Fsp3) is 0.270. The van der Waals surface area contributed by atoms with Crippen LogP contribution in [0.25, 0.3) is 11.6 Å². The van der Waals surface area contributed by atoms with E-state index < -0.39 is 10.5 Å². The zero-order valence-corrected chi connectivity index (χ0v) is 30.5. The Morgan fingerprint density at radius 3 is 2.08 bits per heavy atom. The van der Waals surface area contributed by atoms with Crippen LogP contribution in [0.1, 0.15) is 38.3 Å². The van der Waals surface area contributed by atoms with Gasteiger partial charge < -0.3 is 29.0 Å². The van der Waals surface area contributed by atoms with Gasteiger partial charge in [0, 0.05) is 30.6 Å². The summed E-state index contributed by atoms with van der Waals surface area (Å²) in [6.45, 7) is 6.72. The van der Waals surface area contributed by atoms with E-state index in [9.17, 15) is 13.2 Å². The highest BCUT2D eigenvalue weighted by atomic mass is 32.2. The van der Waals surface area contributed by atoms with Crippen molar-refractivity contribution in [2.24, 2.45) is 4.36 Å². The van der Waals surface area contributed by atoms with Crippen molar-refractivity contribution >= 4 is 22.2 Å². The number of methoxy groups -OCH3 is 3. The number of ether oxygens (including phenoxy) is 5. The molecular formula is C37H40N6O8S. The van der Waals surface area contributed by atoms with Gasteiger partial charge in [0.15, 0.2) is 17.3 Å². The van der Waals surface area contributed by atoms with Crippen LogP contribution in [0.15, 0.2) is 95.6 Å². The first kappa shape index (κ1) is 38.7. The van der Waals surface area contributed by atoms with Crippen LogP contribution < -0.4 is 29.0 Å². The summed E-state index contributed by atoms with van der Waals surface area (Å²) in [5.74, 6) is 0.677. The molecular weight excluding hydrogens is 689 g/mol. The molecule has 5 rings (SSSR count). The van der Waals surface area contributed by atoms with Crippen molar-refractivity contribution in [2.45, 2.75) is 39.2 Å². The first-order valence-electron chi connectivity index (χ1n) is 16.0. The molecule has 14 nitrogen and oxygen atoms in total. The SMILES string of the molecule is CC(C)(C)c1ccccc1.COc1ccc(CNC(=O)CCOc2nc(-c3ncccn3)nc(N=S(=O)=O)c2Oc2ccccc2OC)c(OC)c1. The molecule has 2 heterocycles. The largest absolute Gasteiger partial charge is 0.497 e. The molecule has 3 aromatic carbocycles. The summed E-state index contributed by atoms with van der Waals surface area (Å²) in [6, 6.07) is 24.1. The normalized spacial score (nSPS) is 10.6. The van der Waals surface area contributed by atoms with Crippen LogP contribution >= 0.6 is 0 Å². The second-order valence-corrected chi connectivity index (χ2v) is 12.4. The van der Waals surface area contributed by atoms with Gasteiger partial charge in [-0.1, -0.05) is 63.2 Å². The number of carbonyl (C=O) groups is 1. The number of nitrogens with zero attached hydrogens (tertiary/aromatic N) is 5. The van der Waals surface area contributed by atoms with E-state index in [1.807, 2.05) is 0 Å². The molecule has 5 aromatic rings. The highest BCUT2D eigenvalue weighted by Crippen LogP contribution is 2.42. The van der Waals surface area contributed by atoms with Crippen molar-refractivity contribution in [1.29, 1.82) is 0 Å². The predicted octanol–water partition coefficient (Wildman–Crippen LogP) is 6.52. The maximum absolute atomic E-state index is 12.6. The molecule has 0 fully saturated rings. The van der Waals surface area contributed by atoms with E-state index in [2.05, 4.69) is 80.7 Å².